The minimum atomic E-state index is -0.908. The zero-order valence-corrected chi connectivity index (χ0v) is 21.8. The molecular weight excluding hydrogens is 452 g/mol. The molecule has 2 aromatic rings. The van der Waals surface area contributed by atoms with Gasteiger partial charge in [-0.1, -0.05) is 68.8 Å². The highest BCUT2D eigenvalue weighted by atomic mass is 16.5. The summed E-state index contributed by atoms with van der Waals surface area (Å²) in [6, 6.07) is 16.6. The van der Waals surface area contributed by atoms with E-state index >= 15 is 0 Å². The van der Waals surface area contributed by atoms with Gasteiger partial charge in [-0.05, 0) is 73.8 Å². The average molecular weight is 493 g/mol. The van der Waals surface area contributed by atoms with E-state index in [0.29, 0.717) is 18.6 Å². The van der Waals surface area contributed by atoms with Gasteiger partial charge in [-0.25, -0.2) is 9.59 Å². The first kappa shape index (κ1) is 28.9. The molecule has 5 nitrogen and oxygen atoms in total. The molecule has 0 saturated heterocycles. The molecule has 1 aliphatic carbocycles. The Morgan fingerprint density at radius 2 is 1.50 bits per heavy atom. The van der Waals surface area contributed by atoms with Crippen molar-refractivity contribution in [2.75, 3.05) is 13.7 Å². The molecule has 0 amide bonds. The van der Waals surface area contributed by atoms with E-state index < -0.39 is 5.97 Å². The summed E-state index contributed by atoms with van der Waals surface area (Å²) >= 11 is 0. The molecule has 0 aliphatic heterocycles. The van der Waals surface area contributed by atoms with Crippen LogP contribution in [0.1, 0.15) is 74.5 Å². The molecule has 0 unspecified atom stereocenters. The van der Waals surface area contributed by atoms with E-state index in [-0.39, 0.29) is 11.5 Å². The third kappa shape index (κ3) is 10.5. The molecule has 1 N–H and O–H groups in total. The van der Waals surface area contributed by atoms with E-state index in [1.165, 1.54) is 48.8 Å². The summed E-state index contributed by atoms with van der Waals surface area (Å²) < 4.78 is 10.2. The van der Waals surface area contributed by atoms with Crippen molar-refractivity contribution >= 4 is 11.9 Å². The van der Waals surface area contributed by atoms with Crippen molar-refractivity contribution in [1.82, 2.24) is 0 Å². The number of esters is 1. The second-order valence-electron chi connectivity index (χ2n) is 9.35. The van der Waals surface area contributed by atoms with Crippen molar-refractivity contribution in [3.05, 3.63) is 89.5 Å². The maximum absolute atomic E-state index is 11.3. The lowest BCUT2D eigenvalue weighted by atomic mass is 9.84. The van der Waals surface area contributed by atoms with E-state index in [2.05, 4.69) is 37.4 Å². The van der Waals surface area contributed by atoms with Gasteiger partial charge in [0.15, 0.2) is 0 Å². The van der Waals surface area contributed by atoms with Crippen molar-refractivity contribution in [1.29, 1.82) is 0 Å². The lowest BCUT2D eigenvalue weighted by Gasteiger charge is -2.22. The van der Waals surface area contributed by atoms with Gasteiger partial charge in [0.1, 0.15) is 5.75 Å². The van der Waals surface area contributed by atoms with Gasteiger partial charge in [0, 0.05) is 17.6 Å². The largest absolute Gasteiger partial charge is 0.497 e. The molecule has 0 radical (unpaired) electrons. The second kappa shape index (κ2) is 15.6. The number of rotatable bonds is 11. The molecule has 0 spiro atoms. The maximum Gasteiger partial charge on any atom is 0.333 e. The topological polar surface area (TPSA) is 72.8 Å². The normalized spacial score (nSPS) is 13.2. The molecule has 2 aromatic carbocycles. The van der Waals surface area contributed by atoms with Gasteiger partial charge < -0.3 is 14.6 Å². The van der Waals surface area contributed by atoms with Crippen molar-refractivity contribution in [3.63, 3.8) is 0 Å². The molecule has 0 heterocycles. The first-order valence-corrected chi connectivity index (χ1v) is 12.8. The van der Waals surface area contributed by atoms with Crippen molar-refractivity contribution in [2.45, 2.75) is 70.6 Å². The van der Waals surface area contributed by atoms with E-state index in [0.717, 1.165) is 30.9 Å². The second-order valence-corrected chi connectivity index (χ2v) is 9.35. The van der Waals surface area contributed by atoms with Gasteiger partial charge >= 0.3 is 11.9 Å². The van der Waals surface area contributed by atoms with Gasteiger partial charge in [-0.15, -0.1) is 0 Å². The van der Waals surface area contributed by atoms with Gasteiger partial charge in [-0.2, -0.15) is 0 Å². The summed E-state index contributed by atoms with van der Waals surface area (Å²) in [5.41, 5.74) is 4.59. The number of carboxylic acids is 1. The lowest BCUT2D eigenvalue weighted by Crippen LogP contribution is -2.08. The molecule has 1 fully saturated rings. The van der Waals surface area contributed by atoms with Crippen LogP contribution in [0, 0.1) is 0 Å². The highest BCUT2D eigenvalue weighted by Crippen LogP contribution is 2.32. The van der Waals surface area contributed by atoms with Crippen LogP contribution >= 0.6 is 0 Å². The van der Waals surface area contributed by atoms with Crippen molar-refractivity contribution in [3.8, 4) is 5.75 Å². The number of carboxylic acid groups (broad SMARTS) is 1. The molecule has 1 saturated carbocycles. The molecule has 0 bridgehead atoms. The van der Waals surface area contributed by atoms with Crippen LogP contribution in [0.15, 0.2) is 72.8 Å². The monoisotopic (exact) mass is 492 g/mol. The Balaban J connectivity index is 0.000000261. The zero-order valence-electron chi connectivity index (χ0n) is 21.8. The minimum Gasteiger partial charge on any atom is -0.497 e. The summed E-state index contributed by atoms with van der Waals surface area (Å²) in [6.45, 7) is 9.16. The predicted molar refractivity (Wildman–Crippen MR) is 144 cm³/mol. The standard InChI is InChI=1S/C18H24O2.C13H16O3/c1-14(2)18(19)20-13-12-15-8-10-17(11-9-15)16-6-4-3-5-7-16;1-10(13(14)15)4-3-5-11-6-8-12(16-2)9-7-11/h8-11,16H,1,3-7,12-13H2,2H3;6-9H,1,3-5H2,2H3,(H,14,15). The van der Waals surface area contributed by atoms with E-state index in [1.54, 1.807) is 14.0 Å². The Kier molecular flexibility index (Phi) is 12.5. The lowest BCUT2D eigenvalue weighted by molar-refractivity contribution is -0.138. The van der Waals surface area contributed by atoms with Crippen LogP contribution in [0.4, 0.5) is 0 Å². The summed E-state index contributed by atoms with van der Waals surface area (Å²) in [5, 5.41) is 8.63. The third-order valence-corrected chi connectivity index (χ3v) is 6.43. The molecule has 3 rings (SSSR count). The third-order valence-electron chi connectivity index (χ3n) is 6.43. The van der Waals surface area contributed by atoms with E-state index in [4.69, 9.17) is 14.6 Å². The highest BCUT2D eigenvalue weighted by Gasteiger charge is 2.15. The Morgan fingerprint density at radius 3 is 2.06 bits per heavy atom. The quantitative estimate of drug-likeness (QED) is 0.269. The van der Waals surface area contributed by atoms with E-state index in [9.17, 15) is 9.59 Å². The number of hydrogen-bond acceptors (Lipinski definition) is 4. The van der Waals surface area contributed by atoms with E-state index in [1.807, 2.05) is 24.3 Å². The van der Waals surface area contributed by atoms with Crippen LogP contribution in [-0.2, 0) is 27.2 Å². The predicted octanol–water partition coefficient (Wildman–Crippen LogP) is 7.05. The highest BCUT2D eigenvalue weighted by molar-refractivity contribution is 5.87. The number of hydrogen-bond donors (Lipinski definition) is 1. The SMILES string of the molecule is C=C(C)C(=O)OCCc1ccc(C2CCCCC2)cc1.C=C(CCCc1ccc(OC)cc1)C(=O)O. The minimum absolute atomic E-state index is 0.272. The fraction of sp³-hybridized carbons (Fsp3) is 0.419. The Bertz CT molecular complexity index is 983. The van der Waals surface area contributed by atoms with Gasteiger partial charge in [0.2, 0.25) is 0 Å². The summed E-state index contributed by atoms with van der Waals surface area (Å²) in [7, 11) is 1.63. The van der Waals surface area contributed by atoms with Gasteiger partial charge in [-0.3, -0.25) is 0 Å². The molecule has 5 heteroatoms. The molecule has 0 aromatic heterocycles. The van der Waals surface area contributed by atoms with Crippen LogP contribution in [0.2, 0.25) is 0 Å². The fourth-order valence-corrected chi connectivity index (χ4v) is 4.18. The summed E-state index contributed by atoms with van der Waals surface area (Å²) in [6.07, 6.45) is 9.74. The van der Waals surface area contributed by atoms with Crippen LogP contribution in [0.5, 0.6) is 5.75 Å². The number of carbonyl (C=O) groups is 2. The number of benzene rings is 2. The van der Waals surface area contributed by atoms with Crippen LogP contribution in [-0.4, -0.2) is 30.8 Å². The molecule has 36 heavy (non-hydrogen) atoms. The van der Waals surface area contributed by atoms with Crippen LogP contribution in [0.3, 0.4) is 0 Å². The van der Waals surface area contributed by atoms with Crippen molar-refractivity contribution < 1.29 is 24.2 Å². The average Bonchev–Trinajstić information content (AvgIpc) is 2.90. The number of aliphatic carboxylic acids is 1. The van der Waals surface area contributed by atoms with Crippen LogP contribution in [0.25, 0.3) is 0 Å². The Morgan fingerprint density at radius 1 is 0.917 bits per heavy atom. The Hall–Kier alpha value is -3.34. The first-order chi connectivity index (χ1) is 17.3. The molecule has 194 valence electrons. The number of aryl methyl sites for hydroxylation is 1. The zero-order chi connectivity index (χ0) is 26.3. The van der Waals surface area contributed by atoms with Gasteiger partial charge in [0.05, 0.1) is 13.7 Å². The smallest absolute Gasteiger partial charge is 0.333 e. The maximum atomic E-state index is 11.3. The first-order valence-electron chi connectivity index (χ1n) is 12.8. The summed E-state index contributed by atoms with van der Waals surface area (Å²) in [4.78, 5) is 21.8. The molecule has 0 atom stereocenters. The Labute approximate surface area is 215 Å². The summed E-state index contributed by atoms with van der Waals surface area (Å²) in [5.74, 6) is 0.372. The molecule has 1 aliphatic rings. The number of carbonyl (C=O) groups excluding carboxylic acids is 1. The fourth-order valence-electron chi connectivity index (χ4n) is 4.18. The molecular formula is C31H40O5. The number of methoxy groups -OCH3 is 1. The van der Waals surface area contributed by atoms with Crippen molar-refractivity contribution in [2.24, 2.45) is 0 Å². The van der Waals surface area contributed by atoms with Crippen LogP contribution < -0.4 is 4.74 Å². The number of ether oxygens (including phenoxy) is 2. The van der Waals surface area contributed by atoms with Gasteiger partial charge in [0.25, 0.3) is 0 Å².